The van der Waals surface area contributed by atoms with Gasteiger partial charge in [0.25, 0.3) is 5.91 Å². The highest BCUT2D eigenvalue weighted by Gasteiger charge is 2.21. The number of hydrogen-bond donors (Lipinski definition) is 1. The topological polar surface area (TPSA) is 74.8 Å². The summed E-state index contributed by atoms with van der Waals surface area (Å²) in [6.07, 6.45) is 3.70. The molecule has 0 radical (unpaired) electrons. The summed E-state index contributed by atoms with van der Waals surface area (Å²) in [5.74, 6) is 1.78. The lowest BCUT2D eigenvalue weighted by Gasteiger charge is -2.32. The normalized spacial score (nSPS) is 13.2. The molecule has 1 N–H and O–H groups in total. The number of nitrogens with zero attached hydrogens (tertiary/aromatic N) is 3. The number of pyridine rings is 1. The number of aromatic nitrogens is 1. The van der Waals surface area contributed by atoms with Crippen LogP contribution in [0.2, 0.25) is 0 Å². The van der Waals surface area contributed by atoms with Crippen molar-refractivity contribution in [3.8, 4) is 5.88 Å². The molecule has 168 valence electrons. The lowest BCUT2D eigenvalue weighted by Crippen LogP contribution is -2.48. The summed E-state index contributed by atoms with van der Waals surface area (Å²) in [7, 11) is 1.61. The van der Waals surface area contributed by atoms with E-state index in [4.69, 9.17) is 4.74 Å². The van der Waals surface area contributed by atoms with E-state index in [1.54, 1.807) is 30.2 Å². The standard InChI is InChI=1S/C16H23N3O2S.C7H9NO/c1-3-10-22-17-15-5-4-14(11-13(15)2)16(21)19-8-6-18(12-20)7-9-19;1-6-3-4-8-7(5-6)9-2/h4-5,11-12,17H,3,6-10H2,1-2H3;3-5H,1-2H3. The Morgan fingerprint density at radius 1 is 1.19 bits per heavy atom. The van der Waals surface area contributed by atoms with Crippen LogP contribution in [-0.4, -0.2) is 66.1 Å². The van der Waals surface area contributed by atoms with Gasteiger partial charge in [0, 0.05) is 55.4 Å². The minimum absolute atomic E-state index is 0.0430. The van der Waals surface area contributed by atoms with E-state index in [1.807, 2.05) is 49.1 Å². The van der Waals surface area contributed by atoms with Crippen molar-refractivity contribution in [1.29, 1.82) is 0 Å². The third-order valence-corrected chi connectivity index (χ3v) is 5.79. The number of hydrogen-bond acceptors (Lipinski definition) is 6. The zero-order valence-electron chi connectivity index (χ0n) is 18.8. The minimum atomic E-state index is 0.0430. The number of ether oxygens (including phenoxy) is 1. The second kappa shape index (κ2) is 12.8. The van der Waals surface area contributed by atoms with Crippen LogP contribution in [0, 0.1) is 13.8 Å². The predicted octanol–water partition coefficient (Wildman–Crippen LogP) is 3.78. The first-order chi connectivity index (χ1) is 15.0. The van der Waals surface area contributed by atoms with Crippen LogP contribution in [0.4, 0.5) is 5.69 Å². The number of benzene rings is 1. The first-order valence-electron chi connectivity index (χ1n) is 10.4. The van der Waals surface area contributed by atoms with E-state index in [1.165, 1.54) is 5.56 Å². The summed E-state index contributed by atoms with van der Waals surface area (Å²) in [4.78, 5) is 30.7. The number of amides is 2. The maximum Gasteiger partial charge on any atom is 0.253 e. The van der Waals surface area contributed by atoms with Crippen molar-refractivity contribution in [2.75, 3.05) is 43.8 Å². The van der Waals surface area contributed by atoms with Gasteiger partial charge in [-0.15, -0.1) is 0 Å². The highest BCUT2D eigenvalue weighted by molar-refractivity contribution is 8.00. The summed E-state index contributed by atoms with van der Waals surface area (Å²) in [5.41, 5.74) is 4.01. The number of aryl methyl sites for hydroxylation is 2. The van der Waals surface area contributed by atoms with E-state index in [9.17, 15) is 9.59 Å². The molecule has 0 aliphatic carbocycles. The molecular weight excluding hydrogens is 412 g/mol. The fourth-order valence-electron chi connectivity index (χ4n) is 2.98. The number of anilines is 1. The predicted molar refractivity (Wildman–Crippen MR) is 127 cm³/mol. The van der Waals surface area contributed by atoms with Crippen LogP contribution in [0.5, 0.6) is 5.88 Å². The van der Waals surface area contributed by atoms with E-state index in [0.29, 0.717) is 37.6 Å². The van der Waals surface area contributed by atoms with Crippen molar-refractivity contribution in [3.63, 3.8) is 0 Å². The number of rotatable bonds is 7. The van der Waals surface area contributed by atoms with E-state index in [-0.39, 0.29) is 5.91 Å². The Labute approximate surface area is 189 Å². The Morgan fingerprint density at radius 2 is 1.94 bits per heavy atom. The molecule has 2 amide bonds. The van der Waals surface area contributed by atoms with Crippen molar-refractivity contribution >= 4 is 30.0 Å². The monoisotopic (exact) mass is 444 g/mol. The molecule has 1 aliphatic heterocycles. The van der Waals surface area contributed by atoms with Gasteiger partial charge in [-0.1, -0.05) is 18.9 Å². The van der Waals surface area contributed by atoms with Crippen molar-refractivity contribution in [3.05, 3.63) is 53.2 Å². The third kappa shape index (κ3) is 7.79. The van der Waals surface area contributed by atoms with Crippen molar-refractivity contribution < 1.29 is 14.3 Å². The molecule has 0 bridgehead atoms. The number of piperazine rings is 1. The van der Waals surface area contributed by atoms with Gasteiger partial charge in [0.05, 0.1) is 7.11 Å². The number of carbonyl (C=O) groups excluding carboxylic acids is 2. The molecule has 0 spiro atoms. The van der Waals surface area contributed by atoms with Gasteiger partial charge >= 0.3 is 0 Å². The van der Waals surface area contributed by atoms with Crippen LogP contribution in [0.15, 0.2) is 36.5 Å². The van der Waals surface area contributed by atoms with Gasteiger partial charge in [0.2, 0.25) is 12.3 Å². The molecule has 1 aromatic carbocycles. The lowest BCUT2D eigenvalue weighted by atomic mass is 10.1. The van der Waals surface area contributed by atoms with Crippen LogP contribution in [0.25, 0.3) is 0 Å². The third-order valence-electron chi connectivity index (χ3n) is 4.81. The van der Waals surface area contributed by atoms with Gasteiger partial charge in [-0.05, 0) is 55.7 Å². The van der Waals surface area contributed by atoms with Crippen LogP contribution in [-0.2, 0) is 4.79 Å². The molecule has 0 unspecified atom stereocenters. The van der Waals surface area contributed by atoms with Crippen molar-refractivity contribution in [2.24, 2.45) is 0 Å². The van der Waals surface area contributed by atoms with Gasteiger partial charge in [0.1, 0.15) is 0 Å². The summed E-state index contributed by atoms with van der Waals surface area (Å²) in [5, 5.41) is 0. The van der Waals surface area contributed by atoms with Gasteiger partial charge in [-0.25, -0.2) is 4.98 Å². The Balaban J connectivity index is 0.000000316. The van der Waals surface area contributed by atoms with E-state index >= 15 is 0 Å². The molecule has 1 aliphatic rings. The molecule has 7 nitrogen and oxygen atoms in total. The van der Waals surface area contributed by atoms with Crippen LogP contribution in [0.1, 0.15) is 34.8 Å². The largest absolute Gasteiger partial charge is 0.481 e. The lowest BCUT2D eigenvalue weighted by molar-refractivity contribution is -0.119. The SMILES string of the molecule is CCCSNc1ccc(C(=O)N2CCN(C=O)CC2)cc1C.COc1cc(C)ccn1. The zero-order chi connectivity index (χ0) is 22.6. The quantitative estimate of drug-likeness (QED) is 0.398. The van der Waals surface area contributed by atoms with Crippen LogP contribution >= 0.6 is 11.9 Å². The molecule has 2 aromatic rings. The van der Waals surface area contributed by atoms with Gasteiger partial charge < -0.3 is 19.3 Å². The zero-order valence-corrected chi connectivity index (χ0v) is 19.6. The Morgan fingerprint density at radius 3 is 2.48 bits per heavy atom. The van der Waals surface area contributed by atoms with E-state index in [0.717, 1.165) is 29.8 Å². The smallest absolute Gasteiger partial charge is 0.253 e. The molecule has 8 heteroatoms. The molecule has 1 aromatic heterocycles. The second-order valence-corrected chi connectivity index (χ2v) is 8.19. The summed E-state index contributed by atoms with van der Waals surface area (Å²) >= 11 is 1.68. The average Bonchev–Trinajstić information content (AvgIpc) is 2.80. The average molecular weight is 445 g/mol. The fraction of sp³-hybridized carbons (Fsp3) is 0.435. The Hall–Kier alpha value is -2.74. The number of carbonyl (C=O) groups is 2. The highest BCUT2D eigenvalue weighted by Crippen LogP contribution is 2.21. The first-order valence-corrected chi connectivity index (χ1v) is 11.4. The number of methoxy groups -OCH3 is 1. The molecule has 0 atom stereocenters. The maximum absolute atomic E-state index is 12.5. The summed E-state index contributed by atoms with van der Waals surface area (Å²) in [6.45, 7) is 8.59. The molecule has 1 saturated heterocycles. The fourth-order valence-corrected chi connectivity index (χ4v) is 3.67. The van der Waals surface area contributed by atoms with Crippen LogP contribution < -0.4 is 9.46 Å². The second-order valence-electron chi connectivity index (χ2n) is 7.29. The molecular formula is C23H32N4O3S. The summed E-state index contributed by atoms with van der Waals surface area (Å²) in [6, 6.07) is 9.59. The molecule has 2 heterocycles. The molecule has 3 rings (SSSR count). The number of nitrogens with one attached hydrogen (secondary N) is 1. The minimum Gasteiger partial charge on any atom is -0.481 e. The van der Waals surface area contributed by atoms with E-state index < -0.39 is 0 Å². The Bertz CT molecular complexity index is 854. The molecule has 1 fully saturated rings. The van der Waals surface area contributed by atoms with Crippen LogP contribution in [0.3, 0.4) is 0 Å². The van der Waals surface area contributed by atoms with E-state index in [2.05, 4.69) is 16.6 Å². The van der Waals surface area contributed by atoms with Gasteiger partial charge in [-0.3, -0.25) is 9.59 Å². The van der Waals surface area contributed by atoms with Gasteiger partial charge in [0.15, 0.2) is 0 Å². The first kappa shape index (κ1) is 24.5. The van der Waals surface area contributed by atoms with Gasteiger partial charge in [-0.2, -0.15) is 0 Å². The highest BCUT2D eigenvalue weighted by atomic mass is 32.2. The Kier molecular flexibility index (Phi) is 10.2. The summed E-state index contributed by atoms with van der Waals surface area (Å²) < 4.78 is 8.20. The van der Waals surface area contributed by atoms with Crippen molar-refractivity contribution in [1.82, 2.24) is 14.8 Å². The maximum atomic E-state index is 12.5. The molecule has 31 heavy (non-hydrogen) atoms. The molecule has 0 saturated carbocycles. The van der Waals surface area contributed by atoms with Crippen molar-refractivity contribution in [2.45, 2.75) is 27.2 Å².